The van der Waals surface area contributed by atoms with Gasteiger partial charge in [0, 0.05) is 30.3 Å². The fourth-order valence-corrected chi connectivity index (χ4v) is 3.37. The van der Waals surface area contributed by atoms with Crippen molar-refractivity contribution in [2.75, 3.05) is 19.0 Å². The summed E-state index contributed by atoms with van der Waals surface area (Å²) in [5.41, 5.74) is 14.7. The number of ketones is 1. The Bertz CT molecular complexity index is 1070. The third-order valence-electron chi connectivity index (χ3n) is 4.87. The maximum atomic E-state index is 12.6. The molecule has 0 spiro atoms. The van der Waals surface area contributed by atoms with Crippen molar-refractivity contribution in [3.63, 3.8) is 0 Å². The first-order chi connectivity index (χ1) is 13.9. The number of para-hydroxylation sites is 1. The number of hydrogen-bond acceptors (Lipinski definition) is 6. The van der Waals surface area contributed by atoms with Gasteiger partial charge >= 0.3 is 0 Å². The van der Waals surface area contributed by atoms with E-state index in [1.807, 2.05) is 38.1 Å². The van der Waals surface area contributed by atoms with Gasteiger partial charge in [0.25, 0.3) is 11.7 Å². The van der Waals surface area contributed by atoms with E-state index in [0.29, 0.717) is 29.1 Å². The molecule has 4 N–H and O–H groups in total. The van der Waals surface area contributed by atoms with E-state index in [1.54, 1.807) is 30.3 Å². The third-order valence-corrected chi connectivity index (χ3v) is 4.87. The van der Waals surface area contributed by atoms with Crippen molar-refractivity contribution < 1.29 is 9.59 Å². The molecular weight excluding hydrogens is 366 g/mol. The number of carbonyl (C=O) groups is 2. The molecule has 1 aliphatic rings. The van der Waals surface area contributed by atoms with Crippen molar-refractivity contribution in [1.82, 2.24) is 10.3 Å². The van der Waals surface area contributed by atoms with Crippen LogP contribution >= 0.6 is 0 Å². The third kappa shape index (κ3) is 3.65. The average molecular weight is 389 g/mol. The molecule has 7 nitrogen and oxygen atoms in total. The summed E-state index contributed by atoms with van der Waals surface area (Å²) in [5, 5.41) is 13.4. The van der Waals surface area contributed by atoms with E-state index in [1.165, 1.54) is 0 Å². The molecule has 1 amide bonds. The molecule has 0 unspecified atom stereocenters. The largest absolute Gasteiger partial charge is 0.396 e. The Morgan fingerprint density at radius 1 is 1.21 bits per heavy atom. The molecular formula is C22H23N5O2. The number of amides is 1. The minimum Gasteiger partial charge on any atom is -0.396 e. The lowest BCUT2D eigenvalue weighted by Crippen LogP contribution is -2.40. The smallest absolute Gasteiger partial charge is 0.271 e. The van der Waals surface area contributed by atoms with Crippen LogP contribution in [0.2, 0.25) is 0 Å². The molecule has 148 valence electrons. The molecule has 2 aromatic rings. The molecule has 3 rings (SSSR count). The van der Waals surface area contributed by atoms with Crippen LogP contribution < -0.4 is 16.5 Å². The maximum absolute atomic E-state index is 12.6. The average Bonchev–Trinajstić information content (AvgIpc) is 2.71. The van der Waals surface area contributed by atoms with Crippen molar-refractivity contribution in [3.8, 4) is 17.2 Å². The van der Waals surface area contributed by atoms with Crippen LogP contribution in [-0.2, 0) is 4.79 Å². The Hall–Kier alpha value is -3.79. The quantitative estimate of drug-likeness (QED) is 0.536. The summed E-state index contributed by atoms with van der Waals surface area (Å²) in [4.78, 5) is 24.4. The SMILES string of the molecule is CCCNC(=O)C1=C(N)c2cccc(-c3cc(C(=O)C#N)ccc3C)c2NN1C. The van der Waals surface area contributed by atoms with Gasteiger partial charge in [-0.1, -0.05) is 31.2 Å². The lowest BCUT2D eigenvalue weighted by atomic mass is 9.92. The van der Waals surface area contributed by atoms with Crippen LogP contribution in [0.3, 0.4) is 0 Å². The van der Waals surface area contributed by atoms with E-state index in [-0.39, 0.29) is 5.91 Å². The van der Waals surface area contributed by atoms with E-state index >= 15 is 0 Å². The molecule has 0 radical (unpaired) electrons. The second-order valence-electron chi connectivity index (χ2n) is 6.89. The minimum absolute atomic E-state index is 0.242. The number of nitrogens with two attached hydrogens (primary N) is 1. The number of fused-ring (bicyclic) bond motifs is 1. The topological polar surface area (TPSA) is 111 Å². The fraction of sp³-hybridized carbons (Fsp3) is 0.227. The number of aryl methyl sites for hydroxylation is 1. The Morgan fingerprint density at radius 2 is 1.93 bits per heavy atom. The van der Waals surface area contributed by atoms with Gasteiger partial charge in [0.1, 0.15) is 11.8 Å². The van der Waals surface area contributed by atoms with Crippen LogP contribution in [0.1, 0.15) is 34.8 Å². The summed E-state index contributed by atoms with van der Waals surface area (Å²) >= 11 is 0. The molecule has 2 aromatic carbocycles. The number of nitrogens with zero attached hydrogens (tertiary/aromatic N) is 2. The summed E-state index contributed by atoms with van der Waals surface area (Å²) in [6.45, 7) is 4.48. The second-order valence-corrected chi connectivity index (χ2v) is 6.89. The van der Waals surface area contributed by atoms with Crippen molar-refractivity contribution in [1.29, 1.82) is 5.26 Å². The monoisotopic (exact) mass is 389 g/mol. The van der Waals surface area contributed by atoms with E-state index in [4.69, 9.17) is 11.0 Å². The summed E-state index contributed by atoms with van der Waals surface area (Å²) in [5.74, 6) is -0.830. The highest BCUT2D eigenvalue weighted by atomic mass is 16.2. The minimum atomic E-state index is -0.588. The number of nitriles is 1. The van der Waals surface area contributed by atoms with Gasteiger partial charge in [-0.2, -0.15) is 5.26 Å². The number of likely N-dealkylation sites (N-methyl/N-ethyl adjacent to an activating group) is 1. The first-order valence-corrected chi connectivity index (χ1v) is 9.36. The Morgan fingerprint density at radius 3 is 2.62 bits per heavy atom. The lowest BCUT2D eigenvalue weighted by Gasteiger charge is -2.33. The fourth-order valence-electron chi connectivity index (χ4n) is 3.37. The van der Waals surface area contributed by atoms with Gasteiger partial charge in [0.05, 0.1) is 11.4 Å². The number of anilines is 1. The predicted octanol–water partition coefficient (Wildman–Crippen LogP) is 2.79. The molecule has 0 aromatic heterocycles. The first kappa shape index (κ1) is 20.0. The second kappa shape index (κ2) is 8.07. The first-order valence-electron chi connectivity index (χ1n) is 9.36. The van der Waals surface area contributed by atoms with Gasteiger partial charge < -0.3 is 11.1 Å². The van der Waals surface area contributed by atoms with Crippen LogP contribution in [0.15, 0.2) is 42.1 Å². The van der Waals surface area contributed by atoms with Gasteiger partial charge in [0.2, 0.25) is 0 Å². The summed E-state index contributed by atoms with van der Waals surface area (Å²) in [7, 11) is 1.73. The highest BCUT2D eigenvalue weighted by Gasteiger charge is 2.27. The van der Waals surface area contributed by atoms with Crippen molar-refractivity contribution in [2.24, 2.45) is 5.73 Å². The van der Waals surface area contributed by atoms with Crippen LogP contribution in [0.4, 0.5) is 5.69 Å². The van der Waals surface area contributed by atoms with Gasteiger partial charge in [-0.25, -0.2) is 0 Å². The zero-order chi connectivity index (χ0) is 21.1. The molecule has 0 atom stereocenters. The molecule has 0 fully saturated rings. The molecule has 0 saturated heterocycles. The molecule has 0 aliphatic carbocycles. The Labute approximate surface area is 169 Å². The van der Waals surface area contributed by atoms with Crippen LogP contribution in [0.5, 0.6) is 0 Å². The Balaban J connectivity index is 2.14. The number of nitrogens with one attached hydrogen (secondary N) is 2. The summed E-state index contributed by atoms with van der Waals surface area (Å²) < 4.78 is 0. The zero-order valence-corrected chi connectivity index (χ0v) is 16.7. The molecule has 29 heavy (non-hydrogen) atoms. The lowest BCUT2D eigenvalue weighted by molar-refractivity contribution is -0.118. The number of hydrazine groups is 1. The molecule has 7 heteroatoms. The Kier molecular flexibility index (Phi) is 5.55. The number of Topliss-reactive ketones (excluding diaryl/α,β-unsaturated/α-hetero) is 1. The zero-order valence-electron chi connectivity index (χ0n) is 16.7. The van der Waals surface area contributed by atoms with Crippen LogP contribution in [0.25, 0.3) is 16.8 Å². The van der Waals surface area contributed by atoms with Crippen LogP contribution in [0, 0.1) is 18.3 Å². The maximum Gasteiger partial charge on any atom is 0.271 e. The summed E-state index contributed by atoms with van der Waals surface area (Å²) in [6.07, 6.45) is 0.827. The summed E-state index contributed by atoms with van der Waals surface area (Å²) in [6, 6.07) is 12.4. The van der Waals surface area contributed by atoms with E-state index in [0.717, 1.165) is 28.8 Å². The number of rotatable bonds is 5. The van der Waals surface area contributed by atoms with E-state index in [2.05, 4.69) is 10.7 Å². The van der Waals surface area contributed by atoms with Gasteiger partial charge in [-0.05, 0) is 36.6 Å². The van der Waals surface area contributed by atoms with E-state index in [9.17, 15) is 9.59 Å². The van der Waals surface area contributed by atoms with Crippen molar-refractivity contribution in [3.05, 3.63) is 58.8 Å². The van der Waals surface area contributed by atoms with Gasteiger partial charge in [-0.15, -0.1) is 0 Å². The number of hydrogen-bond donors (Lipinski definition) is 3. The number of benzene rings is 2. The van der Waals surface area contributed by atoms with E-state index < -0.39 is 5.78 Å². The van der Waals surface area contributed by atoms with Crippen LogP contribution in [-0.4, -0.2) is 30.3 Å². The normalized spacial score (nSPS) is 12.7. The highest BCUT2D eigenvalue weighted by Crippen LogP contribution is 2.39. The predicted molar refractivity (Wildman–Crippen MR) is 112 cm³/mol. The van der Waals surface area contributed by atoms with Gasteiger partial charge in [-0.3, -0.25) is 20.0 Å². The molecule has 1 heterocycles. The van der Waals surface area contributed by atoms with Crippen molar-refractivity contribution in [2.45, 2.75) is 20.3 Å². The molecule has 1 aliphatic heterocycles. The van der Waals surface area contributed by atoms with Crippen molar-refractivity contribution >= 4 is 23.1 Å². The molecule has 0 saturated carbocycles. The van der Waals surface area contributed by atoms with Gasteiger partial charge in [0.15, 0.2) is 0 Å². The number of carbonyl (C=O) groups excluding carboxylic acids is 2. The standard InChI is InChI=1S/C22H23N5O2/c1-4-10-25-22(29)21-19(24)16-7-5-6-15(20(16)26-27(21)3)17-11-14(18(28)12-23)9-8-13(17)2/h5-9,11,26H,4,10,24H2,1-3H3,(H,25,29). The molecule has 0 bridgehead atoms. The highest BCUT2D eigenvalue weighted by molar-refractivity contribution is 6.09.